The van der Waals surface area contributed by atoms with Gasteiger partial charge in [0.05, 0.1) is 17.1 Å². The van der Waals surface area contributed by atoms with Gasteiger partial charge in [-0.05, 0) is 19.4 Å². The molecule has 2 heterocycles. The van der Waals surface area contributed by atoms with Crippen LogP contribution in [0.15, 0.2) is 40.6 Å². The van der Waals surface area contributed by atoms with Crippen LogP contribution < -0.4 is 10.9 Å². The standard InChI is InChI=1S/C17H18N4O2S/c1-3-14(16-18-8-9-24-16)19-15(22)10-21-17(23)13-7-5-4-6-12(13)11(2)20-21/h4-9,14H,3,10H2,1-2H3,(H,19,22)/t14-/m0/s1. The molecule has 0 saturated heterocycles. The molecule has 6 nitrogen and oxygen atoms in total. The molecule has 1 atom stereocenters. The monoisotopic (exact) mass is 342 g/mol. The molecule has 0 bridgehead atoms. The number of benzene rings is 1. The number of hydrogen-bond acceptors (Lipinski definition) is 5. The van der Waals surface area contributed by atoms with E-state index in [1.807, 2.05) is 37.4 Å². The Morgan fingerprint density at radius 3 is 2.75 bits per heavy atom. The van der Waals surface area contributed by atoms with Crippen LogP contribution in [0.25, 0.3) is 10.8 Å². The van der Waals surface area contributed by atoms with Gasteiger partial charge < -0.3 is 5.32 Å². The summed E-state index contributed by atoms with van der Waals surface area (Å²) >= 11 is 1.50. The van der Waals surface area contributed by atoms with Crippen molar-refractivity contribution in [1.82, 2.24) is 20.1 Å². The lowest BCUT2D eigenvalue weighted by Crippen LogP contribution is -2.36. The Balaban J connectivity index is 1.83. The maximum Gasteiger partial charge on any atom is 0.275 e. The van der Waals surface area contributed by atoms with E-state index in [1.165, 1.54) is 16.0 Å². The first-order chi connectivity index (χ1) is 11.6. The van der Waals surface area contributed by atoms with E-state index < -0.39 is 0 Å². The minimum absolute atomic E-state index is 0.105. The molecule has 0 radical (unpaired) electrons. The number of aryl methyl sites for hydroxylation is 1. The second kappa shape index (κ2) is 6.92. The van der Waals surface area contributed by atoms with Crippen molar-refractivity contribution < 1.29 is 4.79 Å². The minimum Gasteiger partial charge on any atom is -0.345 e. The first-order valence-electron chi connectivity index (χ1n) is 7.75. The third-order valence-corrected chi connectivity index (χ3v) is 4.73. The quantitative estimate of drug-likeness (QED) is 0.772. The van der Waals surface area contributed by atoms with Crippen molar-refractivity contribution in [2.75, 3.05) is 0 Å². The van der Waals surface area contributed by atoms with Gasteiger partial charge in [-0.25, -0.2) is 9.67 Å². The fourth-order valence-electron chi connectivity index (χ4n) is 2.63. The van der Waals surface area contributed by atoms with Crippen molar-refractivity contribution in [2.24, 2.45) is 0 Å². The van der Waals surface area contributed by atoms with Crippen LogP contribution >= 0.6 is 11.3 Å². The van der Waals surface area contributed by atoms with E-state index in [9.17, 15) is 9.59 Å². The Morgan fingerprint density at radius 1 is 1.33 bits per heavy atom. The van der Waals surface area contributed by atoms with Gasteiger partial charge in [0.15, 0.2) is 0 Å². The topological polar surface area (TPSA) is 76.9 Å². The maximum absolute atomic E-state index is 12.5. The smallest absolute Gasteiger partial charge is 0.275 e. The lowest BCUT2D eigenvalue weighted by Gasteiger charge is -2.15. The van der Waals surface area contributed by atoms with Crippen LogP contribution in [0.2, 0.25) is 0 Å². The van der Waals surface area contributed by atoms with Crippen molar-refractivity contribution in [1.29, 1.82) is 0 Å². The molecule has 3 aromatic rings. The van der Waals surface area contributed by atoms with E-state index in [1.54, 1.807) is 12.3 Å². The maximum atomic E-state index is 12.5. The molecule has 0 aliphatic heterocycles. The molecule has 0 aliphatic carbocycles. The summed E-state index contributed by atoms with van der Waals surface area (Å²) in [4.78, 5) is 29.1. The number of carbonyl (C=O) groups is 1. The number of nitrogens with one attached hydrogen (secondary N) is 1. The molecule has 0 aliphatic rings. The Hall–Kier alpha value is -2.54. The molecule has 3 rings (SSSR count). The van der Waals surface area contributed by atoms with Crippen LogP contribution in [0.1, 0.15) is 30.1 Å². The second-order valence-corrected chi connectivity index (χ2v) is 6.42. The number of hydrogen-bond donors (Lipinski definition) is 1. The van der Waals surface area contributed by atoms with Crippen molar-refractivity contribution in [2.45, 2.75) is 32.9 Å². The molecule has 0 saturated carbocycles. The first kappa shape index (κ1) is 16.3. The van der Waals surface area contributed by atoms with Gasteiger partial charge >= 0.3 is 0 Å². The van der Waals surface area contributed by atoms with Gasteiger partial charge in [-0.1, -0.05) is 25.1 Å². The second-order valence-electron chi connectivity index (χ2n) is 5.49. The number of nitrogens with zero attached hydrogens (tertiary/aromatic N) is 3. The van der Waals surface area contributed by atoms with Crippen LogP contribution in [-0.4, -0.2) is 20.7 Å². The van der Waals surface area contributed by atoms with Gasteiger partial charge in [0.2, 0.25) is 5.91 Å². The highest BCUT2D eigenvalue weighted by atomic mass is 32.1. The van der Waals surface area contributed by atoms with Crippen LogP contribution in [0.5, 0.6) is 0 Å². The fraction of sp³-hybridized carbons (Fsp3) is 0.294. The number of rotatable bonds is 5. The molecular formula is C17H18N4O2S. The zero-order valence-corrected chi connectivity index (χ0v) is 14.3. The molecule has 7 heteroatoms. The molecular weight excluding hydrogens is 324 g/mol. The summed E-state index contributed by atoms with van der Waals surface area (Å²) in [5.41, 5.74) is 0.471. The molecule has 2 aromatic heterocycles. The predicted molar refractivity (Wildman–Crippen MR) is 94.0 cm³/mol. The molecule has 0 unspecified atom stereocenters. The van der Waals surface area contributed by atoms with Crippen LogP contribution in [0.4, 0.5) is 0 Å². The highest BCUT2D eigenvalue weighted by Crippen LogP contribution is 2.18. The summed E-state index contributed by atoms with van der Waals surface area (Å²) in [7, 11) is 0. The lowest BCUT2D eigenvalue weighted by atomic mass is 10.1. The molecule has 124 valence electrons. The average Bonchev–Trinajstić information content (AvgIpc) is 3.12. The Morgan fingerprint density at radius 2 is 2.08 bits per heavy atom. The number of amides is 1. The van der Waals surface area contributed by atoms with Crippen molar-refractivity contribution >= 4 is 28.0 Å². The lowest BCUT2D eigenvalue weighted by molar-refractivity contribution is -0.122. The Bertz CT molecular complexity index is 918. The minimum atomic E-state index is -0.256. The van der Waals surface area contributed by atoms with Crippen molar-refractivity contribution in [3.63, 3.8) is 0 Å². The zero-order chi connectivity index (χ0) is 17.1. The number of aromatic nitrogens is 3. The van der Waals surface area contributed by atoms with Gasteiger partial charge in [0, 0.05) is 17.0 Å². The average molecular weight is 342 g/mol. The molecule has 24 heavy (non-hydrogen) atoms. The zero-order valence-electron chi connectivity index (χ0n) is 13.5. The van der Waals surface area contributed by atoms with E-state index >= 15 is 0 Å². The predicted octanol–water partition coefficient (Wildman–Crippen LogP) is 2.43. The van der Waals surface area contributed by atoms with Crippen LogP contribution in [0, 0.1) is 6.92 Å². The molecule has 0 fully saturated rings. The van der Waals surface area contributed by atoms with Gasteiger partial charge in [0.25, 0.3) is 5.56 Å². The highest BCUT2D eigenvalue weighted by molar-refractivity contribution is 7.09. The van der Waals surface area contributed by atoms with E-state index in [-0.39, 0.29) is 24.1 Å². The largest absolute Gasteiger partial charge is 0.345 e. The van der Waals surface area contributed by atoms with E-state index in [2.05, 4.69) is 15.4 Å². The molecule has 1 N–H and O–H groups in total. The first-order valence-corrected chi connectivity index (χ1v) is 8.63. The van der Waals surface area contributed by atoms with Gasteiger partial charge in [-0.3, -0.25) is 9.59 Å². The molecule has 0 spiro atoms. The number of thiazole rings is 1. The Labute approximate surface area is 143 Å². The van der Waals surface area contributed by atoms with E-state index in [0.29, 0.717) is 5.39 Å². The number of fused-ring (bicyclic) bond motifs is 1. The SMILES string of the molecule is CC[C@H](NC(=O)Cn1nc(C)c2ccccc2c1=O)c1nccs1. The van der Waals surface area contributed by atoms with Crippen molar-refractivity contribution in [3.8, 4) is 0 Å². The van der Waals surface area contributed by atoms with Crippen LogP contribution in [-0.2, 0) is 11.3 Å². The summed E-state index contributed by atoms with van der Waals surface area (Å²) < 4.78 is 1.22. The van der Waals surface area contributed by atoms with Gasteiger partial charge in [0.1, 0.15) is 11.6 Å². The normalized spacial score (nSPS) is 12.2. The summed E-state index contributed by atoms with van der Waals surface area (Å²) in [5, 5.41) is 11.3. The third-order valence-electron chi connectivity index (χ3n) is 3.84. The number of carbonyl (C=O) groups excluding carboxylic acids is 1. The Kier molecular flexibility index (Phi) is 4.71. The fourth-order valence-corrected chi connectivity index (χ4v) is 3.41. The van der Waals surface area contributed by atoms with Crippen LogP contribution in [0.3, 0.4) is 0 Å². The third kappa shape index (κ3) is 3.21. The van der Waals surface area contributed by atoms with Gasteiger partial charge in [-0.2, -0.15) is 5.10 Å². The summed E-state index contributed by atoms with van der Waals surface area (Å²) in [5.74, 6) is -0.249. The molecule has 1 aromatic carbocycles. The summed E-state index contributed by atoms with van der Waals surface area (Å²) in [6.07, 6.45) is 2.45. The van der Waals surface area contributed by atoms with E-state index in [4.69, 9.17) is 0 Å². The van der Waals surface area contributed by atoms with E-state index in [0.717, 1.165) is 22.5 Å². The van der Waals surface area contributed by atoms with Gasteiger partial charge in [-0.15, -0.1) is 11.3 Å². The van der Waals surface area contributed by atoms with Crippen molar-refractivity contribution in [3.05, 3.63) is 56.9 Å². The molecule has 1 amide bonds. The summed E-state index contributed by atoms with van der Waals surface area (Å²) in [6, 6.07) is 7.15. The summed E-state index contributed by atoms with van der Waals surface area (Å²) in [6.45, 7) is 3.71. The highest BCUT2D eigenvalue weighted by Gasteiger charge is 2.16.